The zero-order chi connectivity index (χ0) is 28.7. The van der Waals surface area contributed by atoms with Crippen LogP contribution in [0.25, 0.3) is 44.1 Å². The standard InChI is InChI=1S/C40H36N2/c1-40(2,3)42-38-21-13-11-19-35(38)36-28-31(24-27-39(36)42)34-18-10-12-20-37(34)41(32-16-8-5-9-17-32)33-25-22-30(23-26-33)29-14-6-4-7-15-29/h4-16,18-28,32H,17H2,1-3H3. The first kappa shape index (κ1) is 26.1. The molecule has 7 rings (SSSR count). The topological polar surface area (TPSA) is 8.17 Å². The van der Waals surface area contributed by atoms with Gasteiger partial charge in [0.25, 0.3) is 0 Å². The maximum Gasteiger partial charge on any atom is 0.0560 e. The summed E-state index contributed by atoms with van der Waals surface area (Å²) in [5.74, 6) is 0. The Hall–Kier alpha value is -4.82. The molecule has 2 nitrogen and oxygen atoms in total. The Balaban J connectivity index is 1.38. The fraction of sp³-hybridized carbons (Fsp3) is 0.150. The number of allylic oxidation sites excluding steroid dienone is 2. The lowest BCUT2D eigenvalue weighted by Crippen LogP contribution is -2.30. The van der Waals surface area contributed by atoms with E-state index in [0.29, 0.717) is 0 Å². The van der Waals surface area contributed by atoms with Gasteiger partial charge in [0.1, 0.15) is 0 Å². The average molecular weight is 545 g/mol. The molecule has 1 aliphatic rings. The summed E-state index contributed by atoms with van der Waals surface area (Å²) in [6, 6.07) is 44.5. The number of fused-ring (bicyclic) bond motifs is 3. The van der Waals surface area contributed by atoms with Crippen molar-refractivity contribution in [2.24, 2.45) is 0 Å². The molecule has 0 N–H and O–H groups in total. The molecule has 42 heavy (non-hydrogen) atoms. The molecule has 0 saturated heterocycles. The smallest absolute Gasteiger partial charge is 0.0560 e. The van der Waals surface area contributed by atoms with E-state index >= 15 is 0 Å². The average Bonchev–Trinajstić information content (AvgIpc) is 3.37. The lowest BCUT2D eigenvalue weighted by atomic mass is 9.97. The summed E-state index contributed by atoms with van der Waals surface area (Å²) in [5.41, 5.74) is 9.88. The summed E-state index contributed by atoms with van der Waals surface area (Å²) < 4.78 is 2.48. The van der Waals surface area contributed by atoms with E-state index in [1.165, 1.54) is 55.4 Å². The predicted molar refractivity (Wildman–Crippen MR) is 181 cm³/mol. The van der Waals surface area contributed by atoms with Gasteiger partial charge in [-0.3, -0.25) is 0 Å². The van der Waals surface area contributed by atoms with E-state index in [0.717, 1.165) is 6.42 Å². The van der Waals surface area contributed by atoms with Gasteiger partial charge >= 0.3 is 0 Å². The van der Waals surface area contributed by atoms with E-state index in [-0.39, 0.29) is 11.6 Å². The quantitative estimate of drug-likeness (QED) is 0.209. The zero-order valence-corrected chi connectivity index (χ0v) is 24.5. The van der Waals surface area contributed by atoms with E-state index in [9.17, 15) is 0 Å². The zero-order valence-electron chi connectivity index (χ0n) is 24.5. The van der Waals surface area contributed by atoms with Crippen LogP contribution in [-0.4, -0.2) is 10.6 Å². The van der Waals surface area contributed by atoms with Gasteiger partial charge in [0.15, 0.2) is 0 Å². The van der Waals surface area contributed by atoms with E-state index in [1.54, 1.807) is 0 Å². The van der Waals surface area contributed by atoms with Gasteiger partial charge in [0.05, 0.1) is 6.04 Å². The van der Waals surface area contributed by atoms with Crippen molar-refractivity contribution in [2.75, 3.05) is 4.90 Å². The molecule has 1 unspecified atom stereocenters. The summed E-state index contributed by atoms with van der Waals surface area (Å²) in [6.45, 7) is 6.86. The van der Waals surface area contributed by atoms with Gasteiger partial charge in [0.2, 0.25) is 0 Å². The van der Waals surface area contributed by atoms with Crippen LogP contribution in [0.15, 0.2) is 146 Å². The monoisotopic (exact) mass is 544 g/mol. The third kappa shape index (κ3) is 4.63. The van der Waals surface area contributed by atoms with Gasteiger partial charge in [-0.1, -0.05) is 109 Å². The number of benzene rings is 5. The van der Waals surface area contributed by atoms with Gasteiger partial charge < -0.3 is 9.47 Å². The van der Waals surface area contributed by atoms with Gasteiger partial charge in [-0.05, 0) is 80.3 Å². The molecule has 6 aromatic rings. The highest BCUT2D eigenvalue weighted by Gasteiger charge is 2.24. The number of anilines is 2. The van der Waals surface area contributed by atoms with Crippen molar-refractivity contribution in [3.8, 4) is 22.3 Å². The lowest BCUT2D eigenvalue weighted by Gasteiger charge is -2.34. The van der Waals surface area contributed by atoms with Gasteiger partial charge in [0, 0.05) is 44.3 Å². The van der Waals surface area contributed by atoms with Crippen molar-refractivity contribution in [3.05, 3.63) is 146 Å². The van der Waals surface area contributed by atoms with Crippen molar-refractivity contribution in [3.63, 3.8) is 0 Å². The highest BCUT2D eigenvalue weighted by atomic mass is 15.2. The third-order valence-electron chi connectivity index (χ3n) is 8.36. The minimum absolute atomic E-state index is 0.0235. The van der Waals surface area contributed by atoms with Crippen molar-refractivity contribution in [2.45, 2.75) is 38.8 Å². The van der Waals surface area contributed by atoms with Crippen LogP contribution in [0.2, 0.25) is 0 Å². The molecule has 0 saturated carbocycles. The van der Waals surface area contributed by atoms with Gasteiger partial charge in [-0.15, -0.1) is 0 Å². The number of hydrogen-bond donors (Lipinski definition) is 0. The van der Waals surface area contributed by atoms with E-state index in [2.05, 4.69) is 176 Å². The molecule has 1 atom stereocenters. The minimum atomic E-state index is -0.0235. The number of para-hydroxylation sites is 2. The van der Waals surface area contributed by atoms with Crippen molar-refractivity contribution < 1.29 is 0 Å². The van der Waals surface area contributed by atoms with Crippen LogP contribution in [0, 0.1) is 0 Å². The second-order valence-electron chi connectivity index (χ2n) is 12.2. The van der Waals surface area contributed by atoms with Crippen molar-refractivity contribution in [1.82, 2.24) is 4.57 Å². The third-order valence-corrected chi connectivity index (χ3v) is 8.36. The van der Waals surface area contributed by atoms with E-state index in [1.807, 2.05) is 0 Å². The Bertz CT molecular complexity index is 1930. The van der Waals surface area contributed by atoms with Crippen LogP contribution in [0.3, 0.4) is 0 Å². The molecule has 0 aliphatic heterocycles. The molecule has 0 spiro atoms. The van der Waals surface area contributed by atoms with Crippen molar-refractivity contribution in [1.29, 1.82) is 0 Å². The first-order valence-corrected chi connectivity index (χ1v) is 14.9. The maximum absolute atomic E-state index is 2.51. The number of rotatable bonds is 5. The SMILES string of the molecule is CC(C)(C)n1c2ccccc2c2cc(-c3ccccc3N(c3ccc(-c4ccccc4)cc3)C3C=CC=CC3)ccc21. The first-order valence-electron chi connectivity index (χ1n) is 14.9. The van der Waals surface area contributed by atoms with Gasteiger partial charge in [-0.25, -0.2) is 0 Å². The first-order chi connectivity index (χ1) is 20.5. The van der Waals surface area contributed by atoms with E-state index in [4.69, 9.17) is 0 Å². The molecule has 206 valence electrons. The van der Waals surface area contributed by atoms with Crippen LogP contribution in [0.5, 0.6) is 0 Å². The maximum atomic E-state index is 2.51. The van der Waals surface area contributed by atoms with Gasteiger partial charge in [-0.2, -0.15) is 0 Å². The summed E-state index contributed by atoms with van der Waals surface area (Å²) >= 11 is 0. The fourth-order valence-corrected chi connectivity index (χ4v) is 6.50. The Kier molecular flexibility index (Phi) is 6.55. The molecule has 0 bridgehead atoms. The molecule has 2 heteroatoms. The molecule has 1 aliphatic carbocycles. The second kappa shape index (κ2) is 10.5. The molecule has 0 radical (unpaired) electrons. The normalized spacial score (nSPS) is 15.0. The Labute approximate surface area is 248 Å². The number of aromatic nitrogens is 1. The molecule has 0 amide bonds. The van der Waals surface area contributed by atoms with E-state index < -0.39 is 0 Å². The summed E-state index contributed by atoms with van der Waals surface area (Å²) in [6.07, 6.45) is 9.88. The predicted octanol–water partition coefficient (Wildman–Crippen LogP) is 10.9. The Morgan fingerprint density at radius 3 is 2.05 bits per heavy atom. The number of nitrogens with zero attached hydrogens (tertiary/aromatic N) is 2. The molecular formula is C40H36N2. The largest absolute Gasteiger partial charge is 0.335 e. The molecule has 5 aromatic carbocycles. The van der Waals surface area contributed by atoms with Crippen molar-refractivity contribution >= 4 is 33.2 Å². The summed E-state index contributed by atoms with van der Waals surface area (Å²) in [5, 5.41) is 2.60. The minimum Gasteiger partial charge on any atom is -0.335 e. The van der Waals surface area contributed by atoms with Crippen LogP contribution >= 0.6 is 0 Å². The summed E-state index contributed by atoms with van der Waals surface area (Å²) in [4.78, 5) is 2.51. The van der Waals surface area contributed by atoms with Crippen LogP contribution < -0.4 is 4.90 Å². The lowest BCUT2D eigenvalue weighted by molar-refractivity contribution is 0.423. The fourth-order valence-electron chi connectivity index (χ4n) is 6.50. The highest BCUT2D eigenvalue weighted by Crippen LogP contribution is 2.41. The van der Waals surface area contributed by atoms with Crippen LogP contribution in [-0.2, 0) is 5.54 Å². The van der Waals surface area contributed by atoms with Crippen LogP contribution in [0.1, 0.15) is 27.2 Å². The Morgan fingerprint density at radius 1 is 0.619 bits per heavy atom. The molecular weight excluding hydrogens is 508 g/mol. The highest BCUT2D eigenvalue weighted by molar-refractivity contribution is 6.10. The molecule has 1 heterocycles. The van der Waals surface area contributed by atoms with Crippen LogP contribution in [0.4, 0.5) is 11.4 Å². The molecule has 0 fully saturated rings. The second-order valence-corrected chi connectivity index (χ2v) is 12.2. The summed E-state index contributed by atoms with van der Waals surface area (Å²) in [7, 11) is 0. The molecule has 1 aromatic heterocycles. The number of hydrogen-bond acceptors (Lipinski definition) is 1. The Morgan fingerprint density at radius 2 is 1.29 bits per heavy atom.